The van der Waals surface area contributed by atoms with Crippen LogP contribution in [0.15, 0.2) is 18.2 Å². The lowest BCUT2D eigenvalue weighted by molar-refractivity contribution is -0.383. The van der Waals surface area contributed by atoms with E-state index in [1.54, 1.807) is 12.1 Å². The molecule has 7 N–H and O–H groups in total. The summed E-state index contributed by atoms with van der Waals surface area (Å²) in [5.74, 6) is -0.302. The van der Waals surface area contributed by atoms with E-state index in [-0.39, 0.29) is 24.3 Å². The number of unbranched alkanes of at least 4 members (excludes halogenated alkanes) is 1. The number of anilines is 2. The van der Waals surface area contributed by atoms with Crippen molar-refractivity contribution in [2.45, 2.75) is 57.8 Å². The van der Waals surface area contributed by atoms with E-state index in [0.29, 0.717) is 30.8 Å². The second-order valence-electron chi connectivity index (χ2n) is 6.79. The molecule has 9 nitrogen and oxygen atoms in total. The van der Waals surface area contributed by atoms with Gasteiger partial charge in [-0.2, -0.15) is 0 Å². The van der Waals surface area contributed by atoms with Crippen molar-refractivity contribution in [1.29, 1.82) is 0 Å². The molecule has 0 aliphatic heterocycles. The maximum absolute atomic E-state index is 11.0. The molecule has 0 bridgehead atoms. The first-order valence-electron chi connectivity index (χ1n) is 9.90. The van der Waals surface area contributed by atoms with Crippen LogP contribution in [0, 0.1) is 16.0 Å². The lowest BCUT2D eigenvalue weighted by Gasteiger charge is -2.36. The molecule has 0 amide bonds. The van der Waals surface area contributed by atoms with Crippen molar-refractivity contribution in [2.75, 3.05) is 30.7 Å². The van der Waals surface area contributed by atoms with Crippen molar-refractivity contribution < 1.29 is 20.2 Å². The number of nitro benzene ring substituents is 1. The zero-order valence-electron chi connectivity index (χ0n) is 16.7. The Morgan fingerprint density at radius 3 is 2.54 bits per heavy atom. The normalized spacial score (nSPS) is 24.2. The first kappa shape index (κ1) is 24.1. The highest BCUT2D eigenvalue weighted by atomic mass is 16.6. The number of aliphatic hydroxyl groups excluding tert-OH is 3. The second kappa shape index (κ2) is 12.5. The van der Waals surface area contributed by atoms with E-state index in [2.05, 4.69) is 10.6 Å². The van der Waals surface area contributed by atoms with Crippen molar-refractivity contribution in [2.24, 2.45) is 5.92 Å². The van der Waals surface area contributed by atoms with E-state index in [1.165, 1.54) is 6.07 Å². The highest BCUT2D eigenvalue weighted by Crippen LogP contribution is 2.27. The molecule has 1 aromatic rings. The Bertz CT molecular complexity index is 602. The topological polar surface area (TPSA) is 154 Å². The zero-order valence-corrected chi connectivity index (χ0v) is 16.7. The molecule has 1 fully saturated rings. The number of aliphatic hydroxyl groups is 3. The summed E-state index contributed by atoms with van der Waals surface area (Å²) in [6.07, 6.45) is 1.09. The number of nitrogens with one attached hydrogen (secondary N) is 2. The van der Waals surface area contributed by atoms with Crippen LogP contribution >= 0.6 is 0 Å². The van der Waals surface area contributed by atoms with Crippen molar-refractivity contribution >= 4 is 17.1 Å². The van der Waals surface area contributed by atoms with Gasteiger partial charge in [0.25, 0.3) is 5.69 Å². The fraction of sp³-hybridized carbons (Fsp3) is 0.684. The monoisotopic (exact) mass is 398 g/mol. The molecule has 0 radical (unpaired) electrons. The summed E-state index contributed by atoms with van der Waals surface area (Å²) in [6, 6.07) is 4.63. The van der Waals surface area contributed by atoms with Gasteiger partial charge in [0, 0.05) is 36.9 Å². The summed E-state index contributed by atoms with van der Waals surface area (Å²) in [5, 5.41) is 46.3. The van der Waals surface area contributed by atoms with Gasteiger partial charge in [-0.05, 0) is 44.4 Å². The minimum absolute atomic E-state index is 0.0343. The predicted octanol–water partition coefficient (Wildman–Crippen LogP) is 1.48. The van der Waals surface area contributed by atoms with E-state index in [4.69, 9.17) is 5.73 Å². The third-order valence-electron chi connectivity index (χ3n) is 4.80. The Morgan fingerprint density at radius 1 is 1.21 bits per heavy atom. The summed E-state index contributed by atoms with van der Waals surface area (Å²) < 4.78 is 0. The van der Waals surface area contributed by atoms with Crippen LogP contribution in [0.25, 0.3) is 0 Å². The van der Waals surface area contributed by atoms with Gasteiger partial charge in [0.15, 0.2) is 0 Å². The van der Waals surface area contributed by atoms with E-state index in [9.17, 15) is 25.4 Å². The number of nitro groups is 1. The second-order valence-corrected chi connectivity index (χ2v) is 6.79. The van der Waals surface area contributed by atoms with Crippen LogP contribution < -0.4 is 16.4 Å². The number of hydrogen-bond acceptors (Lipinski definition) is 8. The van der Waals surface area contributed by atoms with E-state index < -0.39 is 17.1 Å². The lowest BCUT2D eigenvalue weighted by atomic mass is 9.82. The van der Waals surface area contributed by atoms with Crippen LogP contribution in [-0.2, 0) is 0 Å². The number of rotatable bonds is 9. The molecule has 9 heteroatoms. The quantitative estimate of drug-likeness (QED) is 0.158. The van der Waals surface area contributed by atoms with E-state index in [1.807, 2.05) is 13.8 Å². The third-order valence-corrected chi connectivity index (χ3v) is 4.80. The maximum Gasteiger partial charge on any atom is 0.294 e. The van der Waals surface area contributed by atoms with E-state index in [0.717, 1.165) is 19.4 Å². The third kappa shape index (κ3) is 7.23. The Balaban J connectivity index is 0.00000190. The van der Waals surface area contributed by atoms with Crippen LogP contribution in [0.3, 0.4) is 0 Å². The summed E-state index contributed by atoms with van der Waals surface area (Å²) in [7, 11) is 0. The molecule has 2 rings (SSSR count). The molecule has 1 aliphatic carbocycles. The number of benzene rings is 1. The minimum atomic E-state index is -0.863. The molecule has 1 saturated carbocycles. The number of nitrogens with zero attached hydrogens (tertiary/aromatic N) is 1. The smallest absolute Gasteiger partial charge is 0.294 e. The fourth-order valence-electron chi connectivity index (χ4n) is 3.32. The molecular formula is C19H34N4O5. The summed E-state index contributed by atoms with van der Waals surface area (Å²) in [6.45, 7) is 5.19. The molecule has 0 heterocycles. The van der Waals surface area contributed by atoms with Gasteiger partial charge < -0.3 is 31.7 Å². The molecule has 28 heavy (non-hydrogen) atoms. The summed E-state index contributed by atoms with van der Waals surface area (Å²) in [5.41, 5.74) is 6.35. The molecule has 1 aromatic carbocycles. The fourth-order valence-corrected chi connectivity index (χ4v) is 3.32. The van der Waals surface area contributed by atoms with Crippen molar-refractivity contribution in [3.63, 3.8) is 0 Å². The van der Waals surface area contributed by atoms with Crippen LogP contribution in [-0.4, -0.2) is 58.2 Å². The van der Waals surface area contributed by atoms with Crippen LogP contribution in [0.4, 0.5) is 17.1 Å². The Morgan fingerprint density at radius 2 is 1.89 bits per heavy atom. The molecule has 4 atom stereocenters. The average molecular weight is 399 g/mol. The van der Waals surface area contributed by atoms with Gasteiger partial charge in [-0.15, -0.1) is 0 Å². The predicted molar refractivity (Wildman–Crippen MR) is 110 cm³/mol. The Labute approximate surface area is 166 Å². The first-order valence-corrected chi connectivity index (χ1v) is 9.90. The average Bonchev–Trinajstić information content (AvgIpc) is 2.69. The number of hydrogen-bond donors (Lipinski definition) is 6. The highest BCUT2D eigenvalue weighted by molar-refractivity contribution is 5.66. The summed E-state index contributed by atoms with van der Waals surface area (Å²) in [4.78, 5) is 10.6. The van der Waals surface area contributed by atoms with Crippen molar-refractivity contribution in [3.05, 3.63) is 28.3 Å². The zero-order chi connectivity index (χ0) is 21.1. The van der Waals surface area contributed by atoms with Gasteiger partial charge in [0.05, 0.1) is 17.1 Å². The maximum atomic E-state index is 11.0. The van der Waals surface area contributed by atoms with Gasteiger partial charge in [0.1, 0.15) is 5.69 Å². The molecule has 160 valence electrons. The molecule has 0 aromatic heterocycles. The largest absolute Gasteiger partial charge is 0.399 e. The molecule has 0 spiro atoms. The first-order chi connectivity index (χ1) is 13.4. The van der Waals surface area contributed by atoms with Gasteiger partial charge in [-0.1, -0.05) is 13.8 Å². The molecule has 1 aliphatic rings. The Hall–Kier alpha value is -1.94. The van der Waals surface area contributed by atoms with Crippen LogP contribution in [0.1, 0.15) is 39.5 Å². The van der Waals surface area contributed by atoms with Gasteiger partial charge >= 0.3 is 0 Å². The van der Waals surface area contributed by atoms with Crippen molar-refractivity contribution in [3.8, 4) is 0 Å². The van der Waals surface area contributed by atoms with Crippen molar-refractivity contribution in [1.82, 2.24) is 5.32 Å². The molecular weight excluding hydrogens is 364 g/mol. The standard InChI is InChI=1S/C17H28N4O5.C2H6/c18-12-3-4-14(15(8-12)21(25)26)20-6-2-1-5-19-13-7-11(10-22)17(24)16(23)9-13;1-2/h3-4,8,11,13,16-17,19-20,22-24H,1-2,5-7,9-10,18H2;1-2H3/t11?,13-,16?,17+;/m0./s1. The number of nitrogen functional groups attached to an aromatic ring is 1. The lowest BCUT2D eigenvalue weighted by Crippen LogP contribution is -2.49. The van der Waals surface area contributed by atoms with Gasteiger partial charge in [0.2, 0.25) is 0 Å². The van der Waals surface area contributed by atoms with Gasteiger partial charge in [-0.3, -0.25) is 10.1 Å². The van der Waals surface area contributed by atoms with Crippen LogP contribution in [0.5, 0.6) is 0 Å². The summed E-state index contributed by atoms with van der Waals surface area (Å²) >= 11 is 0. The number of nitrogens with two attached hydrogens (primary N) is 1. The highest BCUT2D eigenvalue weighted by Gasteiger charge is 2.34. The van der Waals surface area contributed by atoms with Gasteiger partial charge in [-0.25, -0.2) is 0 Å². The minimum Gasteiger partial charge on any atom is -0.399 e. The van der Waals surface area contributed by atoms with E-state index >= 15 is 0 Å². The Kier molecular flexibility index (Phi) is 10.8. The molecule has 0 saturated heterocycles. The molecule has 2 unspecified atom stereocenters. The SMILES string of the molecule is CC.Nc1ccc(NCCCCN[C@@H]2CC(O)[C@H](O)C(CO)C2)c([N+](=O)[O-])c1. The van der Waals surface area contributed by atoms with Crippen LogP contribution in [0.2, 0.25) is 0 Å².